The predicted molar refractivity (Wildman–Crippen MR) is 184 cm³/mol. The SMILES string of the molecule is C[C@H](NC(=O)OCc1cncs1)C(=O)N[C@@H](Cc1ccccc1)[C@@H](O)C[C@H](Cc1ccc(-c2ccccn2)cc1)NC(=O)OC(C)(C)C. The maximum atomic E-state index is 13.3. The summed E-state index contributed by atoms with van der Waals surface area (Å²) in [7, 11) is 0. The molecule has 4 atom stereocenters. The first-order valence-electron chi connectivity index (χ1n) is 15.8. The van der Waals surface area contributed by atoms with Crippen LogP contribution in [0, 0.1) is 0 Å². The molecule has 3 amide bonds. The maximum Gasteiger partial charge on any atom is 0.408 e. The number of benzene rings is 2. The summed E-state index contributed by atoms with van der Waals surface area (Å²) in [4.78, 5) is 47.6. The van der Waals surface area contributed by atoms with Crippen LogP contribution in [-0.2, 0) is 33.7 Å². The van der Waals surface area contributed by atoms with Crippen molar-refractivity contribution in [2.75, 3.05) is 0 Å². The fourth-order valence-electron chi connectivity index (χ4n) is 4.95. The third-order valence-electron chi connectivity index (χ3n) is 7.29. The zero-order valence-electron chi connectivity index (χ0n) is 27.6. The lowest BCUT2D eigenvalue weighted by Gasteiger charge is -2.30. The largest absolute Gasteiger partial charge is 0.444 e. The van der Waals surface area contributed by atoms with Gasteiger partial charge in [0.05, 0.1) is 28.2 Å². The molecule has 2 aromatic carbocycles. The van der Waals surface area contributed by atoms with Crippen molar-refractivity contribution >= 4 is 29.4 Å². The van der Waals surface area contributed by atoms with Gasteiger partial charge in [0.1, 0.15) is 18.2 Å². The number of carbonyl (C=O) groups is 3. The van der Waals surface area contributed by atoms with E-state index in [1.807, 2.05) is 72.8 Å². The monoisotopic (exact) mass is 673 g/mol. The third kappa shape index (κ3) is 12.1. The van der Waals surface area contributed by atoms with Crippen molar-refractivity contribution in [3.05, 3.63) is 107 Å². The summed E-state index contributed by atoms with van der Waals surface area (Å²) < 4.78 is 10.7. The molecule has 254 valence electrons. The molecular weight excluding hydrogens is 630 g/mol. The first-order chi connectivity index (χ1) is 22.9. The summed E-state index contributed by atoms with van der Waals surface area (Å²) >= 11 is 1.35. The number of aromatic nitrogens is 2. The van der Waals surface area contributed by atoms with Crippen LogP contribution < -0.4 is 16.0 Å². The van der Waals surface area contributed by atoms with Crippen LogP contribution in [0.1, 0.15) is 50.1 Å². The van der Waals surface area contributed by atoms with Gasteiger partial charge in [-0.25, -0.2) is 9.59 Å². The fourth-order valence-corrected chi connectivity index (χ4v) is 5.45. The number of thiazole rings is 1. The summed E-state index contributed by atoms with van der Waals surface area (Å²) in [5.41, 5.74) is 4.55. The van der Waals surface area contributed by atoms with Crippen molar-refractivity contribution in [1.29, 1.82) is 0 Å². The van der Waals surface area contributed by atoms with Gasteiger partial charge in [-0.2, -0.15) is 0 Å². The van der Waals surface area contributed by atoms with Crippen molar-refractivity contribution < 1.29 is 29.0 Å². The molecule has 0 saturated carbocycles. The van der Waals surface area contributed by atoms with E-state index in [4.69, 9.17) is 9.47 Å². The van der Waals surface area contributed by atoms with Crippen molar-refractivity contribution in [1.82, 2.24) is 25.9 Å². The number of alkyl carbamates (subject to hydrolysis) is 2. The Kier molecular flexibility index (Phi) is 13.0. The lowest BCUT2D eigenvalue weighted by atomic mass is 9.93. The molecule has 2 heterocycles. The molecule has 12 heteroatoms. The molecule has 0 saturated heterocycles. The van der Waals surface area contributed by atoms with E-state index in [0.717, 1.165) is 27.3 Å². The number of aliphatic hydroxyl groups excluding tert-OH is 1. The van der Waals surface area contributed by atoms with Gasteiger partial charge in [0.25, 0.3) is 0 Å². The zero-order valence-corrected chi connectivity index (χ0v) is 28.4. The van der Waals surface area contributed by atoms with Gasteiger partial charge in [0.15, 0.2) is 0 Å². The molecule has 11 nitrogen and oxygen atoms in total. The van der Waals surface area contributed by atoms with Crippen molar-refractivity contribution in [3.8, 4) is 11.3 Å². The lowest BCUT2D eigenvalue weighted by Crippen LogP contribution is -2.53. The highest BCUT2D eigenvalue weighted by atomic mass is 32.1. The molecule has 0 fully saturated rings. The Morgan fingerprint density at radius 2 is 1.58 bits per heavy atom. The number of nitrogens with zero attached hydrogens (tertiary/aromatic N) is 2. The number of pyridine rings is 1. The summed E-state index contributed by atoms with van der Waals surface area (Å²) in [6, 6.07) is 20.8. The Hall–Kier alpha value is -4.81. The van der Waals surface area contributed by atoms with E-state index in [9.17, 15) is 19.5 Å². The van der Waals surface area contributed by atoms with Crippen LogP contribution in [0.4, 0.5) is 9.59 Å². The molecule has 2 aromatic heterocycles. The third-order valence-corrected chi connectivity index (χ3v) is 8.04. The fraction of sp³-hybridized carbons (Fsp3) is 0.361. The van der Waals surface area contributed by atoms with Crippen molar-refractivity contribution in [3.63, 3.8) is 0 Å². The Bertz CT molecular complexity index is 1580. The summed E-state index contributed by atoms with van der Waals surface area (Å²) in [5, 5.41) is 20.0. The number of amides is 3. The standard InChI is InChI=1S/C36H43N5O6S/c1-24(39-34(44)46-22-29-21-37-23-48-29)33(43)41-31(19-25-10-6-5-7-11-25)32(42)20-28(40-35(45)47-36(2,3)4)18-26-13-15-27(16-14-26)30-12-8-9-17-38-30/h5-17,21,23-24,28,31-32,42H,18-20,22H2,1-4H3,(H,39,44)(H,40,45)(H,41,43)/t24-,28-,31-,32-/m0/s1. The van der Waals surface area contributed by atoms with Crippen LogP contribution in [-0.4, -0.2) is 63.0 Å². The molecule has 0 aliphatic rings. The van der Waals surface area contributed by atoms with Crippen LogP contribution in [0.5, 0.6) is 0 Å². The second-order valence-corrected chi connectivity index (χ2v) is 13.4. The van der Waals surface area contributed by atoms with Crippen LogP contribution in [0.2, 0.25) is 0 Å². The first kappa shape index (κ1) is 36.0. The maximum absolute atomic E-state index is 13.3. The molecule has 0 unspecified atom stereocenters. The Labute approximate surface area is 285 Å². The number of rotatable bonds is 14. The number of carbonyl (C=O) groups excluding carboxylic acids is 3. The molecule has 0 aliphatic heterocycles. The van der Waals surface area contributed by atoms with Gasteiger partial charge < -0.3 is 30.5 Å². The summed E-state index contributed by atoms with van der Waals surface area (Å²) in [6.07, 6.45) is 1.73. The average molecular weight is 674 g/mol. The van der Waals surface area contributed by atoms with Gasteiger partial charge >= 0.3 is 12.2 Å². The highest BCUT2D eigenvalue weighted by Gasteiger charge is 2.29. The van der Waals surface area contributed by atoms with Gasteiger partial charge in [0.2, 0.25) is 5.91 Å². The Balaban J connectivity index is 1.47. The average Bonchev–Trinajstić information content (AvgIpc) is 3.57. The molecule has 4 aromatic rings. The topological polar surface area (TPSA) is 152 Å². The van der Waals surface area contributed by atoms with Crippen molar-refractivity contribution in [2.24, 2.45) is 0 Å². The first-order valence-corrected chi connectivity index (χ1v) is 16.7. The highest BCUT2D eigenvalue weighted by Crippen LogP contribution is 2.20. The quantitative estimate of drug-likeness (QED) is 0.138. The minimum atomic E-state index is -1.08. The number of ether oxygens (including phenoxy) is 2. The summed E-state index contributed by atoms with van der Waals surface area (Å²) in [5.74, 6) is -0.494. The van der Waals surface area contributed by atoms with E-state index in [0.29, 0.717) is 12.8 Å². The molecule has 0 bridgehead atoms. The van der Waals surface area contributed by atoms with Crippen LogP contribution in [0.15, 0.2) is 90.7 Å². The number of aliphatic hydroxyl groups is 1. The lowest BCUT2D eigenvalue weighted by molar-refractivity contribution is -0.124. The van der Waals surface area contributed by atoms with Gasteiger partial charge in [-0.1, -0.05) is 60.7 Å². The molecule has 4 rings (SSSR count). The van der Waals surface area contributed by atoms with E-state index in [1.54, 1.807) is 38.7 Å². The van der Waals surface area contributed by atoms with Gasteiger partial charge in [-0.15, -0.1) is 11.3 Å². The molecule has 48 heavy (non-hydrogen) atoms. The molecule has 0 spiro atoms. The molecular formula is C36H43N5O6S. The van der Waals surface area contributed by atoms with E-state index in [-0.39, 0.29) is 13.0 Å². The second-order valence-electron chi connectivity index (χ2n) is 12.5. The van der Waals surface area contributed by atoms with Crippen LogP contribution in [0.3, 0.4) is 0 Å². The van der Waals surface area contributed by atoms with Gasteiger partial charge in [-0.05, 0) is 70.2 Å². The van der Waals surface area contributed by atoms with E-state index >= 15 is 0 Å². The van der Waals surface area contributed by atoms with Crippen molar-refractivity contribution in [2.45, 2.75) is 83.4 Å². The van der Waals surface area contributed by atoms with Gasteiger partial charge in [-0.3, -0.25) is 14.8 Å². The second kappa shape index (κ2) is 17.4. The van der Waals surface area contributed by atoms with E-state index in [1.165, 1.54) is 18.3 Å². The van der Waals surface area contributed by atoms with Gasteiger partial charge in [0, 0.05) is 24.0 Å². The minimum absolute atomic E-state index is 0.0398. The molecule has 0 radical (unpaired) electrons. The van der Waals surface area contributed by atoms with E-state index < -0.39 is 47.9 Å². The molecule has 0 aliphatic carbocycles. The van der Waals surface area contributed by atoms with Crippen LogP contribution in [0.25, 0.3) is 11.3 Å². The Morgan fingerprint density at radius 1 is 0.875 bits per heavy atom. The number of hydrogen-bond donors (Lipinski definition) is 4. The summed E-state index contributed by atoms with van der Waals surface area (Å²) in [6.45, 7) is 6.92. The number of hydrogen-bond acceptors (Lipinski definition) is 9. The van der Waals surface area contributed by atoms with E-state index in [2.05, 4.69) is 25.9 Å². The number of nitrogens with one attached hydrogen (secondary N) is 3. The minimum Gasteiger partial charge on any atom is -0.444 e. The Morgan fingerprint density at radius 3 is 2.23 bits per heavy atom. The predicted octanol–water partition coefficient (Wildman–Crippen LogP) is 5.43. The highest BCUT2D eigenvalue weighted by molar-refractivity contribution is 7.09. The van der Waals surface area contributed by atoms with Crippen LogP contribution >= 0.6 is 11.3 Å². The normalized spacial score (nSPS) is 13.8. The smallest absolute Gasteiger partial charge is 0.408 e. The zero-order chi connectivity index (χ0) is 34.5. The molecule has 4 N–H and O–H groups in total.